The Balaban J connectivity index is 0.00000216. The number of fused-ring (bicyclic) bond motifs is 1. The van der Waals surface area contributed by atoms with Gasteiger partial charge in [-0.05, 0) is 71.4 Å². The van der Waals surface area contributed by atoms with E-state index in [0.29, 0.717) is 18.4 Å². The van der Waals surface area contributed by atoms with Gasteiger partial charge in [-0.15, -0.1) is 0 Å². The van der Waals surface area contributed by atoms with Crippen LogP contribution in [0.15, 0.2) is 44.1 Å². The van der Waals surface area contributed by atoms with E-state index in [1.165, 1.54) is 10.8 Å². The molecule has 0 aromatic carbocycles. The monoisotopic (exact) mass is 976 g/mol. The standard InChI is InChI=1S/C24H31BrN2O6.2Ac/c1-13-4-5-18-23(2,8-6-19(29)24(18,3)12-28)15(13)10-17(14-7-9-33-21(14)31)27-11-16(25)20(30)26-22(27)32;;/h7,11,15,17-19,28-29H,1,4-6,8-10,12H2,2-3H3,(H,26,30,32);;/t15-,17?,18?,19?,23+,24-;;/m0../s1. The van der Waals surface area contributed by atoms with Crippen molar-refractivity contribution in [1.29, 1.82) is 0 Å². The van der Waals surface area contributed by atoms with Crippen LogP contribution < -0.4 is 11.2 Å². The van der Waals surface area contributed by atoms with Crippen LogP contribution in [0, 0.1) is 111 Å². The van der Waals surface area contributed by atoms with E-state index >= 15 is 0 Å². The zero-order valence-electron chi connectivity index (χ0n) is 20.1. The van der Waals surface area contributed by atoms with Crippen LogP contribution in [0.25, 0.3) is 0 Å². The molecule has 186 valence electrons. The van der Waals surface area contributed by atoms with Crippen LogP contribution in [-0.4, -0.2) is 45.1 Å². The minimum atomic E-state index is -0.648. The van der Waals surface area contributed by atoms with Crippen LogP contribution in [-0.2, 0) is 9.53 Å². The molecule has 1 aromatic rings. The summed E-state index contributed by atoms with van der Waals surface area (Å²) in [7, 11) is 0. The first-order chi connectivity index (χ1) is 15.5. The molecule has 0 saturated heterocycles. The fourth-order valence-corrected chi connectivity index (χ4v) is 6.91. The normalized spacial score (nSPS) is 33.1. The molecule has 2 radical (unpaired) electrons. The van der Waals surface area contributed by atoms with E-state index in [2.05, 4.69) is 34.4 Å². The Kier molecular flexibility index (Phi) is 11.4. The number of hydrogen-bond acceptors (Lipinski definition) is 6. The molecule has 6 atom stereocenters. The van der Waals surface area contributed by atoms with E-state index in [-0.39, 0.29) is 123 Å². The number of H-pyrrole nitrogens is 1. The molecule has 35 heavy (non-hydrogen) atoms. The molecule has 2 saturated carbocycles. The van der Waals surface area contributed by atoms with Gasteiger partial charge in [0.15, 0.2) is 0 Å². The number of cyclic esters (lactones) is 1. The summed E-state index contributed by atoms with van der Waals surface area (Å²) < 4.78 is 6.73. The number of nitrogens with zero attached hydrogens (tertiary/aromatic N) is 1. The molecule has 0 amide bonds. The number of nitrogens with one attached hydrogen (secondary N) is 1. The molecular weight excluding hydrogens is 946 g/mol. The van der Waals surface area contributed by atoms with Crippen molar-refractivity contribution in [2.45, 2.75) is 58.1 Å². The molecule has 2 aliphatic carbocycles. The Morgan fingerprint density at radius 1 is 1.29 bits per heavy atom. The summed E-state index contributed by atoms with van der Waals surface area (Å²) in [4.78, 5) is 39.6. The van der Waals surface area contributed by atoms with Crippen molar-refractivity contribution in [2.24, 2.45) is 22.7 Å². The van der Waals surface area contributed by atoms with Crippen LogP contribution >= 0.6 is 15.9 Å². The molecule has 2 fully saturated rings. The van der Waals surface area contributed by atoms with Crippen molar-refractivity contribution in [1.82, 2.24) is 9.55 Å². The molecule has 0 bridgehead atoms. The second-order valence-corrected chi connectivity index (χ2v) is 11.0. The average Bonchev–Trinajstić information content (AvgIpc) is 3.19. The Bertz CT molecular complexity index is 1130. The number of halogens is 1. The molecule has 1 aliphatic heterocycles. The predicted octanol–water partition coefficient (Wildman–Crippen LogP) is 2.46. The average molecular weight is 977 g/mol. The third kappa shape index (κ3) is 5.78. The third-order valence-electron chi connectivity index (χ3n) is 8.52. The summed E-state index contributed by atoms with van der Waals surface area (Å²) in [5.74, 6) is -0.485. The molecule has 3 aliphatic rings. The molecular formula is C24H31Ac2BrN2O6. The van der Waals surface area contributed by atoms with E-state index in [1.807, 2.05) is 6.92 Å². The van der Waals surface area contributed by atoms with Gasteiger partial charge >= 0.3 is 11.7 Å². The number of carbonyl (C=O) groups excluding carboxylic acids is 1. The zero-order valence-corrected chi connectivity index (χ0v) is 31.2. The van der Waals surface area contributed by atoms with E-state index in [4.69, 9.17) is 4.74 Å². The van der Waals surface area contributed by atoms with Crippen molar-refractivity contribution in [3.63, 3.8) is 0 Å². The SMILES string of the molecule is C=C1CCC2[C@](C)(CO)C(O)CC[C@]2(C)[C@H]1CC(C1=CCOC1=O)n1cc(Br)c(=O)[nH]c1=O.[Ac].[Ac]. The maximum Gasteiger partial charge on any atom is 0.336 e. The van der Waals surface area contributed by atoms with E-state index in [0.717, 1.165) is 24.8 Å². The van der Waals surface area contributed by atoms with Gasteiger partial charge in [0, 0.05) is 99.7 Å². The van der Waals surface area contributed by atoms with Gasteiger partial charge in [0.05, 0.1) is 28.8 Å². The van der Waals surface area contributed by atoms with Crippen molar-refractivity contribution < 1.29 is 108 Å². The number of aromatic nitrogens is 2. The molecule has 2 heterocycles. The number of esters is 1. The van der Waals surface area contributed by atoms with Crippen LogP contribution in [0.1, 0.15) is 52.0 Å². The summed E-state index contributed by atoms with van der Waals surface area (Å²) in [5.41, 5.74) is -0.626. The fraction of sp³-hybridized carbons (Fsp3) is 0.625. The number of rotatable bonds is 5. The minimum Gasteiger partial charge on any atom is -0.458 e. The smallest absolute Gasteiger partial charge is 0.336 e. The van der Waals surface area contributed by atoms with E-state index < -0.39 is 34.8 Å². The first-order valence-electron chi connectivity index (χ1n) is 11.4. The number of carbonyl (C=O) groups is 1. The largest absolute Gasteiger partial charge is 0.458 e. The fourth-order valence-electron chi connectivity index (χ4n) is 6.59. The van der Waals surface area contributed by atoms with Crippen LogP contribution in [0.2, 0.25) is 0 Å². The molecule has 0 spiro atoms. The van der Waals surface area contributed by atoms with Gasteiger partial charge in [0.25, 0.3) is 5.56 Å². The summed E-state index contributed by atoms with van der Waals surface area (Å²) in [6, 6.07) is -0.648. The Morgan fingerprint density at radius 3 is 2.57 bits per heavy atom. The number of allylic oxidation sites excluding steroid dienone is 1. The van der Waals surface area contributed by atoms with Crippen molar-refractivity contribution in [3.05, 3.63) is 55.3 Å². The van der Waals surface area contributed by atoms with Crippen molar-refractivity contribution in [2.75, 3.05) is 13.2 Å². The summed E-state index contributed by atoms with van der Waals surface area (Å²) >= 11 is 3.19. The van der Waals surface area contributed by atoms with Gasteiger partial charge in [0.2, 0.25) is 0 Å². The molecule has 8 nitrogen and oxygen atoms in total. The van der Waals surface area contributed by atoms with E-state index in [9.17, 15) is 24.6 Å². The van der Waals surface area contributed by atoms with Crippen molar-refractivity contribution >= 4 is 21.9 Å². The van der Waals surface area contributed by atoms with Gasteiger partial charge in [-0.3, -0.25) is 14.3 Å². The second-order valence-electron chi connectivity index (χ2n) is 10.2. The molecule has 4 rings (SSSR count). The summed E-state index contributed by atoms with van der Waals surface area (Å²) in [5, 5.41) is 21.0. The third-order valence-corrected chi connectivity index (χ3v) is 9.09. The van der Waals surface area contributed by atoms with Gasteiger partial charge in [-0.25, -0.2) is 9.59 Å². The molecule has 3 N–H and O–H groups in total. The number of ether oxygens (including phenoxy) is 1. The second kappa shape index (κ2) is 12.4. The maximum absolute atomic E-state index is 12.8. The Labute approximate surface area is 284 Å². The minimum absolute atomic E-state index is 0. The summed E-state index contributed by atoms with van der Waals surface area (Å²) in [6.07, 6.45) is 5.81. The first kappa shape index (κ1) is 32.1. The number of hydrogen-bond donors (Lipinski definition) is 3. The van der Waals surface area contributed by atoms with Gasteiger partial charge in [-0.1, -0.05) is 26.0 Å². The van der Waals surface area contributed by atoms with Crippen LogP contribution in [0.3, 0.4) is 0 Å². The molecule has 11 heteroatoms. The Hall–Kier alpha value is 0.913. The zero-order chi connectivity index (χ0) is 24.1. The quantitative estimate of drug-likeness (QED) is 0.309. The topological polar surface area (TPSA) is 122 Å². The predicted molar refractivity (Wildman–Crippen MR) is 126 cm³/mol. The number of aliphatic hydroxyl groups excluding tert-OH is 2. The van der Waals surface area contributed by atoms with Gasteiger partial charge in [-0.2, -0.15) is 0 Å². The van der Waals surface area contributed by atoms with Crippen molar-refractivity contribution in [3.8, 4) is 0 Å². The first-order valence-corrected chi connectivity index (χ1v) is 12.2. The molecule has 1 aromatic heterocycles. The summed E-state index contributed by atoms with van der Waals surface area (Å²) in [6.45, 7) is 8.51. The van der Waals surface area contributed by atoms with Crippen LogP contribution in [0.4, 0.5) is 0 Å². The number of aromatic amines is 1. The van der Waals surface area contributed by atoms with Crippen LogP contribution in [0.5, 0.6) is 0 Å². The van der Waals surface area contributed by atoms with Gasteiger partial charge in [0.1, 0.15) is 6.61 Å². The van der Waals surface area contributed by atoms with Gasteiger partial charge < -0.3 is 14.9 Å². The number of aliphatic hydroxyl groups is 2. The molecule has 3 unspecified atom stereocenters. The van der Waals surface area contributed by atoms with E-state index in [1.54, 1.807) is 6.08 Å². The Morgan fingerprint density at radius 2 is 1.97 bits per heavy atom. The maximum atomic E-state index is 12.8.